The Hall–Kier alpha value is -1.63. The fourth-order valence-corrected chi connectivity index (χ4v) is 2.01. The van der Waals surface area contributed by atoms with Gasteiger partial charge in [-0.15, -0.1) is 0 Å². The first kappa shape index (κ1) is 11.8. The summed E-state index contributed by atoms with van der Waals surface area (Å²) in [5.41, 5.74) is 3.85. The quantitative estimate of drug-likeness (QED) is 0.696. The molecule has 0 aliphatic heterocycles. The lowest BCUT2D eigenvalue weighted by Crippen LogP contribution is -1.97. The summed E-state index contributed by atoms with van der Waals surface area (Å²) in [5.74, 6) is 0.0121. The van der Waals surface area contributed by atoms with Crippen LogP contribution in [0.2, 0.25) is 0 Å². The zero-order chi connectivity index (χ0) is 12.4. The topological polar surface area (TPSA) is 0 Å². The van der Waals surface area contributed by atoms with Crippen LogP contribution in [0.3, 0.4) is 0 Å². The molecule has 0 spiro atoms. The normalized spacial score (nSPS) is 10.9. The molecule has 2 aromatic carbocycles. The van der Waals surface area contributed by atoms with Crippen molar-refractivity contribution in [1.29, 1.82) is 0 Å². The Morgan fingerprint density at radius 1 is 1.06 bits per heavy atom. The molecule has 0 aliphatic rings. The summed E-state index contributed by atoms with van der Waals surface area (Å²) in [6, 6.07) is 14.4. The van der Waals surface area contributed by atoms with Crippen LogP contribution >= 0.6 is 0 Å². The Bertz CT molecular complexity index is 510. The predicted octanol–water partition coefficient (Wildman–Crippen LogP) is 4.72. The van der Waals surface area contributed by atoms with E-state index in [0.717, 1.165) is 16.7 Å². The van der Waals surface area contributed by atoms with Crippen molar-refractivity contribution in [3.05, 3.63) is 59.4 Å². The summed E-state index contributed by atoms with van der Waals surface area (Å²) < 4.78 is 13.8. The molecule has 0 atom stereocenters. The maximum atomic E-state index is 13.8. The highest BCUT2D eigenvalue weighted by atomic mass is 19.1. The lowest BCUT2D eigenvalue weighted by molar-refractivity contribution is 0.599. The lowest BCUT2D eigenvalue weighted by Gasteiger charge is -2.13. The van der Waals surface area contributed by atoms with Crippen molar-refractivity contribution >= 4 is 0 Å². The molecule has 1 heteroatoms. The van der Waals surface area contributed by atoms with E-state index in [0.29, 0.717) is 0 Å². The summed E-state index contributed by atoms with van der Waals surface area (Å²) >= 11 is 0. The molecule has 0 saturated carbocycles. The summed E-state index contributed by atoms with van der Waals surface area (Å²) in [6.07, 6.45) is 0. The lowest BCUT2D eigenvalue weighted by atomic mass is 9.92. The highest BCUT2D eigenvalue weighted by Gasteiger charge is 2.13. The smallest absolute Gasteiger partial charge is 0.127 e. The summed E-state index contributed by atoms with van der Waals surface area (Å²) in [5, 5.41) is 0. The molecule has 2 rings (SSSR count). The van der Waals surface area contributed by atoms with Crippen molar-refractivity contribution in [3.63, 3.8) is 0 Å². The molecule has 0 unspecified atom stereocenters. The molecule has 1 radical (unpaired) electrons. The van der Waals surface area contributed by atoms with E-state index in [1.807, 2.05) is 45.0 Å². The molecule has 0 amide bonds. The van der Waals surface area contributed by atoms with E-state index in [9.17, 15) is 4.39 Å². The minimum absolute atomic E-state index is 0.144. The van der Waals surface area contributed by atoms with Gasteiger partial charge in [0.25, 0.3) is 0 Å². The second-order valence-electron chi connectivity index (χ2n) is 4.64. The third-order valence-corrected chi connectivity index (χ3v) is 2.90. The van der Waals surface area contributed by atoms with Crippen LogP contribution in [0.4, 0.5) is 4.39 Å². The van der Waals surface area contributed by atoms with E-state index in [1.165, 1.54) is 11.6 Å². The first-order valence-corrected chi connectivity index (χ1v) is 5.86. The summed E-state index contributed by atoms with van der Waals surface area (Å²) in [7, 11) is 0. The zero-order valence-electron chi connectivity index (χ0n) is 10.4. The van der Waals surface area contributed by atoms with Crippen LogP contribution in [0, 0.1) is 18.8 Å². The van der Waals surface area contributed by atoms with Gasteiger partial charge in [-0.3, -0.25) is 0 Å². The SMILES string of the molecule is Cc1ccc(-c2[c]ccc(F)c2C(C)C)cc1. The van der Waals surface area contributed by atoms with E-state index in [2.05, 4.69) is 6.07 Å². The summed E-state index contributed by atoms with van der Waals surface area (Å²) in [6.45, 7) is 6.05. The van der Waals surface area contributed by atoms with Crippen LogP contribution < -0.4 is 0 Å². The predicted molar refractivity (Wildman–Crippen MR) is 69.5 cm³/mol. The Labute approximate surface area is 102 Å². The molecular formula is C16H16F. The molecule has 0 fully saturated rings. The van der Waals surface area contributed by atoms with Crippen molar-refractivity contribution in [2.24, 2.45) is 0 Å². The Kier molecular flexibility index (Phi) is 3.28. The van der Waals surface area contributed by atoms with Gasteiger partial charge < -0.3 is 0 Å². The van der Waals surface area contributed by atoms with Crippen molar-refractivity contribution < 1.29 is 4.39 Å². The zero-order valence-corrected chi connectivity index (χ0v) is 10.4. The number of benzene rings is 2. The minimum Gasteiger partial charge on any atom is -0.207 e. The van der Waals surface area contributed by atoms with Gasteiger partial charge in [-0.2, -0.15) is 0 Å². The van der Waals surface area contributed by atoms with Crippen LogP contribution in [0.5, 0.6) is 0 Å². The average Bonchev–Trinajstić information content (AvgIpc) is 2.29. The number of hydrogen-bond donors (Lipinski definition) is 0. The van der Waals surface area contributed by atoms with Gasteiger partial charge in [-0.25, -0.2) is 4.39 Å². The van der Waals surface area contributed by atoms with Gasteiger partial charge >= 0.3 is 0 Å². The molecule has 0 saturated heterocycles. The van der Waals surface area contributed by atoms with E-state index in [4.69, 9.17) is 0 Å². The van der Waals surface area contributed by atoms with E-state index in [1.54, 1.807) is 6.07 Å². The third kappa shape index (κ3) is 2.38. The van der Waals surface area contributed by atoms with Gasteiger partial charge in [0.15, 0.2) is 0 Å². The number of aryl methyl sites for hydroxylation is 1. The van der Waals surface area contributed by atoms with Crippen LogP contribution in [0.15, 0.2) is 36.4 Å². The van der Waals surface area contributed by atoms with E-state index in [-0.39, 0.29) is 11.7 Å². The standard InChI is InChI=1S/C16H16F/c1-11(2)16-14(5-4-6-15(16)17)13-9-7-12(3)8-10-13/h4,6-11H,1-3H3. The molecule has 87 valence electrons. The third-order valence-electron chi connectivity index (χ3n) is 2.90. The van der Waals surface area contributed by atoms with E-state index >= 15 is 0 Å². The fraction of sp³-hybridized carbons (Fsp3) is 0.250. The second-order valence-corrected chi connectivity index (χ2v) is 4.64. The fourth-order valence-electron chi connectivity index (χ4n) is 2.01. The van der Waals surface area contributed by atoms with Gasteiger partial charge in [0.1, 0.15) is 5.82 Å². The van der Waals surface area contributed by atoms with Crippen LogP contribution in [0.1, 0.15) is 30.9 Å². The molecule has 2 aromatic rings. The molecular weight excluding hydrogens is 211 g/mol. The maximum absolute atomic E-state index is 13.8. The monoisotopic (exact) mass is 227 g/mol. The molecule has 0 bridgehead atoms. The maximum Gasteiger partial charge on any atom is 0.127 e. The molecule has 17 heavy (non-hydrogen) atoms. The second kappa shape index (κ2) is 4.70. The number of hydrogen-bond acceptors (Lipinski definition) is 0. The minimum atomic E-state index is -0.144. The number of halogens is 1. The summed E-state index contributed by atoms with van der Waals surface area (Å²) in [4.78, 5) is 0. The average molecular weight is 227 g/mol. The highest BCUT2D eigenvalue weighted by Crippen LogP contribution is 2.30. The Balaban J connectivity index is 2.59. The van der Waals surface area contributed by atoms with Gasteiger partial charge in [-0.1, -0.05) is 49.7 Å². The van der Waals surface area contributed by atoms with Crippen LogP contribution in [-0.4, -0.2) is 0 Å². The van der Waals surface area contributed by atoms with Gasteiger partial charge in [-0.05, 0) is 41.7 Å². The first-order valence-electron chi connectivity index (χ1n) is 5.86. The van der Waals surface area contributed by atoms with Crippen molar-refractivity contribution in [1.82, 2.24) is 0 Å². The van der Waals surface area contributed by atoms with Crippen molar-refractivity contribution in [2.45, 2.75) is 26.7 Å². The van der Waals surface area contributed by atoms with E-state index < -0.39 is 0 Å². The van der Waals surface area contributed by atoms with Crippen molar-refractivity contribution in [2.75, 3.05) is 0 Å². The number of rotatable bonds is 2. The Morgan fingerprint density at radius 3 is 2.29 bits per heavy atom. The molecule has 0 nitrogen and oxygen atoms in total. The van der Waals surface area contributed by atoms with Crippen LogP contribution in [0.25, 0.3) is 11.1 Å². The molecule has 0 heterocycles. The van der Waals surface area contributed by atoms with Gasteiger partial charge in [0.2, 0.25) is 0 Å². The van der Waals surface area contributed by atoms with Crippen LogP contribution in [-0.2, 0) is 0 Å². The van der Waals surface area contributed by atoms with Gasteiger partial charge in [0, 0.05) is 0 Å². The molecule has 0 N–H and O–H groups in total. The highest BCUT2D eigenvalue weighted by molar-refractivity contribution is 5.67. The largest absolute Gasteiger partial charge is 0.207 e. The van der Waals surface area contributed by atoms with Crippen molar-refractivity contribution in [3.8, 4) is 11.1 Å². The molecule has 0 aliphatic carbocycles. The molecule has 0 aromatic heterocycles. The van der Waals surface area contributed by atoms with Gasteiger partial charge in [0.05, 0.1) is 0 Å². The Morgan fingerprint density at radius 2 is 1.71 bits per heavy atom. The first-order chi connectivity index (χ1) is 8.09.